The molecule has 0 bridgehead atoms. The van der Waals surface area contributed by atoms with Crippen molar-refractivity contribution in [1.29, 1.82) is 0 Å². The lowest BCUT2D eigenvalue weighted by atomic mass is 10.2. The second-order valence-electron chi connectivity index (χ2n) is 5.85. The molecule has 0 atom stereocenters. The molecule has 0 aliphatic carbocycles. The van der Waals surface area contributed by atoms with Crippen LogP contribution in [0.2, 0.25) is 15.1 Å². The molecule has 27 heavy (non-hydrogen) atoms. The molecule has 6 heteroatoms. The van der Waals surface area contributed by atoms with E-state index in [4.69, 9.17) is 44.3 Å². The van der Waals surface area contributed by atoms with E-state index in [1.165, 1.54) is 0 Å². The first kappa shape index (κ1) is 19.7. The number of anilines is 1. The van der Waals surface area contributed by atoms with Crippen LogP contribution in [0.3, 0.4) is 0 Å². The van der Waals surface area contributed by atoms with E-state index >= 15 is 0 Å². The Morgan fingerprint density at radius 1 is 0.815 bits per heavy atom. The molecule has 3 rings (SSSR count). The fourth-order valence-electron chi connectivity index (χ4n) is 2.52. The molecule has 0 aliphatic heterocycles. The molecule has 0 unspecified atom stereocenters. The number of rotatable bonds is 7. The molecule has 1 N–H and O–H groups in total. The fourth-order valence-corrected chi connectivity index (χ4v) is 3.01. The highest BCUT2D eigenvalue weighted by molar-refractivity contribution is 6.42. The van der Waals surface area contributed by atoms with Gasteiger partial charge in [-0.05, 0) is 42.0 Å². The zero-order chi connectivity index (χ0) is 19.2. The molecule has 3 aromatic rings. The maximum atomic E-state index is 6.17. The van der Waals surface area contributed by atoms with Gasteiger partial charge in [-0.2, -0.15) is 0 Å². The summed E-state index contributed by atoms with van der Waals surface area (Å²) in [6, 6.07) is 18.8. The first-order valence-electron chi connectivity index (χ1n) is 8.29. The van der Waals surface area contributed by atoms with E-state index in [2.05, 4.69) is 5.32 Å². The third-order valence-electron chi connectivity index (χ3n) is 3.99. The number of nitrogens with one attached hydrogen (secondary N) is 1. The Balaban J connectivity index is 1.66. The Labute approximate surface area is 173 Å². The lowest BCUT2D eigenvalue weighted by Gasteiger charge is -2.14. The molecular formula is C21H18Cl3NO2. The van der Waals surface area contributed by atoms with Gasteiger partial charge in [0.05, 0.1) is 17.2 Å². The zero-order valence-corrected chi connectivity index (χ0v) is 16.9. The average Bonchev–Trinajstić information content (AvgIpc) is 2.68. The summed E-state index contributed by atoms with van der Waals surface area (Å²) in [5.74, 6) is 1.33. The number of benzene rings is 3. The summed E-state index contributed by atoms with van der Waals surface area (Å²) in [5, 5.41) is 5.04. The monoisotopic (exact) mass is 421 g/mol. The van der Waals surface area contributed by atoms with E-state index in [1.54, 1.807) is 19.2 Å². The fraction of sp³-hybridized carbons (Fsp3) is 0.143. The normalized spacial score (nSPS) is 10.5. The summed E-state index contributed by atoms with van der Waals surface area (Å²) >= 11 is 18.2. The highest BCUT2D eigenvalue weighted by Crippen LogP contribution is 2.30. The molecule has 3 nitrogen and oxygen atoms in total. The quantitative estimate of drug-likeness (QED) is 0.452. The van der Waals surface area contributed by atoms with Gasteiger partial charge in [0.2, 0.25) is 0 Å². The van der Waals surface area contributed by atoms with Gasteiger partial charge in [0.25, 0.3) is 0 Å². The maximum Gasteiger partial charge on any atom is 0.161 e. The van der Waals surface area contributed by atoms with Gasteiger partial charge >= 0.3 is 0 Å². The summed E-state index contributed by atoms with van der Waals surface area (Å²) in [6.45, 7) is 0.982. The molecule has 0 saturated heterocycles. The summed E-state index contributed by atoms with van der Waals surface area (Å²) < 4.78 is 11.3. The van der Waals surface area contributed by atoms with Gasteiger partial charge in [-0.3, -0.25) is 0 Å². The van der Waals surface area contributed by atoms with Crippen LogP contribution < -0.4 is 14.8 Å². The topological polar surface area (TPSA) is 30.5 Å². The number of hydrogen-bond acceptors (Lipinski definition) is 3. The molecule has 0 radical (unpaired) electrons. The molecular weight excluding hydrogens is 405 g/mol. The molecule has 0 saturated carbocycles. The van der Waals surface area contributed by atoms with E-state index in [9.17, 15) is 0 Å². The van der Waals surface area contributed by atoms with Crippen LogP contribution in [0.4, 0.5) is 5.69 Å². The zero-order valence-electron chi connectivity index (χ0n) is 14.6. The third-order valence-corrected chi connectivity index (χ3v) is 5.09. The minimum absolute atomic E-state index is 0.372. The van der Waals surface area contributed by atoms with Gasteiger partial charge in [0.1, 0.15) is 6.61 Å². The van der Waals surface area contributed by atoms with Crippen LogP contribution in [0, 0.1) is 0 Å². The molecule has 0 amide bonds. The third kappa shape index (κ3) is 5.23. The van der Waals surface area contributed by atoms with Crippen LogP contribution in [0.5, 0.6) is 11.5 Å². The Hall–Kier alpha value is -2.07. The summed E-state index contributed by atoms with van der Waals surface area (Å²) in [7, 11) is 1.62. The van der Waals surface area contributed by atoms with Crippen molar-refractivity contribution in [3.8, 4) is 11.5 Å². The van der Waals surface area contributed by atoms with Crippen LogP contribution in [0.25, 0.3) is 0 Å². The van der Waals surface area contributed by atoms with E-state index in [1.807, 2.05) is 48.5 Å². The van der Waals surface area contributed by atoms with E-state index < -0.39 is 0 Å². The smallest absolute Gasteiger partial charge is 0.161 e. The van der Waals surface area contributed by atoms with Crippen molar-refractivity contribution in [1.82, 2.24) is 0 Å². The van der Waals surface area contributed by atoms with Crippen molar-refractivity contribution in [3.63, 3.8) is 0 Å². The number of methoxy groups -OCH3 is 1. The number of hydrogen-bond donors (Lipinski definition) is 1. The van der Waals surface area contributed by atoms with Crippen molar-refractivity contribution < 1.29 is 9.47 Å². The first-order chi connectivity index (χ1) is 13.1. The van der Waals surface area contributed by atoms with Gasteiger partial charge in [-0.25, -0.2) is 0 Å². The predicted molar refractivity (Wildman–Crippen MR) is 113 cm³/mol. The highest BCUT2D eigenvalue weighted by Gasteiger charge is 2.08. The molecule has 0 fully saturated rings. The largest absolute Gasteiger partial charge is 0.493 e. The Kier molecular flexibility index (Phi) is 6.73. The molecule has 3 aromatic carbocycles. The standard InChI is InChI=1S/C21H18Cl3NO2/c1-26-21-10-14(12-25-16-7-8-18(23)19(24)11-16)6-9-20(21)27-13-15-4-2-3-5-17(15)22/h2-11,25H,12-13H2,1H3. The van der Waals surface area contributed by atoms with Gasteiger partial charge < -0.3 is 14.8 Å². The second kappa shape index (κ2) is 9.23. The van der Waals surface area contributed by atoms with Gasteiger partial charge in [0.15, 0.2) is 11.5 Å². The highest BCUT2D eigenvalue weighted by atomic mass is 35.5. The number of halogens is 3. The Morgan fingerprint density at radius 2 is 1.63 bits per heavy atom. The molecule has 0 aliphatic rings. The molecule has 140 valence electrons. The SMILES string of the molecule is COc1cc(CNc2ccc(Cl)c(Cl)c2)ccc1OCc1ccccc1Cl. The van der Waals surface area contributed by atoms with E-state index in [-0.39, 0.29) is 0 Å². The summed E-state index contributed by atoms with van der Waals surface area (Å²) in [4.78, 5) is 0. The van der Waals surface area contributed by atoms with E-state index in [0.29, 0.717) is 39.7 Å². The minimum Gasteiger partial charge on any atom is -0.493 e. The van der Waals surface area contributed by atoms with Crippen molar-refractivity contribution >= 4 is 40.5 Å². The van der Waals surface area contributed by atoms with E-state index in [0.717, 1.165) is 16.8 Å². The average molecular weight is 423 g/mol. The van der Waals surface area contributed by atoms with Crippen LogP contribution in [-0.2, 0) is 13.2 Å². The van der Waals surface area contributed by atoms with Crippen molar-refractivity contribution in [3.05, 3.63) is 86.9 Å². The molecule has 0 heterocycles. The van der Waals surface area contributed by atoms with Crippen molar-refractivity contribution in [2.75, 3.05) is 12.4 Å². The van der Waals surface area contributed by atoms with Crippen LogP contribution in [-0.4, -0.2) is 7.11 Å². The first-order valence-corrected chi connectivity index (χ1v) is 9.42. The predicted octanol–water partition coefficient (Wildman–Crippen LogP) is 6.85. The maximum absolute atomic E-state index is 6.17. The van der Waals surface area contributed by atoms with Crippen molar-refractivity contribution in [2.24, 2.45) is 0 Å². The van der Waals surface area contributed by atoms with Gasteiger partial charge in [-0.1, -0.05) is 59.1 Å². The van der Waals surface area contributed by atoms with Gasteiger partial charge in [-0.15, -0.1) is 0 Å². The number of ether oxygens (including phenoxy) is 2. The lowest BCUT2D eigenvalue weighted by molar-refractivity contribution is 0.284. The van der Waals surface area contributed by atoms with Crippen LogP contribution >= 0.6 is 34.8 Å². The molecule has 0 spiro atoms. The Morgan fingerprint density at radius 3 is 2.37 bits per heavy atom. The Bertz CT molecular complexity index is 931. The van der Waals surface area contributed by atoms with Gasteiger partial charge in [0, 0.05) is 22.8 Å². The second-order valence-corrected chi connectivity index (χ2v) is 7.07. The molecule has 0 aromatic heterocycles. The van der Waals surface area contributed by atoms with Crippen molar-refractivity contribution in [2.45, 2.75) is 13.2 Å². The summed E-state index contributed by atoms with van der Waals surface area (Å²) in [5.41, 5.74) is 2.86. The van der Waals surface area contributed by atoms with Crippen LogP contribution in [0.1, 0.15) is 11.1 Å². The van der Waals surface area contributed by atoms with Crippen LogP contribution in [0.15, 0.2) is 60.7 Å². The lowest BCUT2D eigenvalue weighted by Crippen LogP contribution is -2.02. The minimum atomic E-state index is 0.372. The summed E-state index contributed by atoms with van der Waals surface area (Å²) in [6.07, 6.45) is 0.